The lowest BCUT2D eigenvalue weighted by Gasteiger charge is -2.13. The molecular weight excluding hydrogens is 244 g/mol. The van der Waals surface area contributed by atoms with Crippen LogP contribution in [0.4, 0.5) is 0 Å². The van der Waals surface area contributed by atoms with Crippen molar-refractivity contribution in [3.05, 3.63) is 42.0 Å². The van der Waals surface area contributed by atoms with Crippen molar-refractivity contribution < 1.29 is 14.2 Å². The maximum absolute atomic E-state index is 5.37. The van der Waals surface area contributed by atoms with Gasteiger partial charge in [0, 0.05) is 30.4 Å². The van der Waals surface area contributed by atoms with Gasteiger partial charge in [0.05, 0.1) is 21.3 Å². The van der Waals surface area contributed by atoms with Crippen molar-refractivity contribution in [1.29, 1.82) is 0 Å². The minimum atomic E-state index is 0.574. The zero-order valence-corrected chi connectivity index (χ0v) is 11.2. The first-order chi connectivity index (χ1) is 9.28. The van der Waals surface area contributed by atoms with Gasteiger partial charge < -0.3 is 14.2 Å². The van der Waals surface area contributed by atoms with E-state index in [4.69, 9.17) is 14.2 Å². The van der Waals surface area contributed by atoms with Crippen molar-refractivity contribution >= 4 is 0 Å². The molecule has 0 atom stereocenters. The van der Waals surface area contributed by atoms with E-state index < -0.39 is 0 Å². The molecule has 0 radical (unpaired) electrons. The number of benzene rings is 1. The summed E-state index contributed by atoms with van der Waals surface area (Å²) in [6.07, 6.45) is 4.01. The monoisotopic (exact) mass is 260 g/mol. The minimum Gasteiger partial charge on any atom is -0.496 e. The average molecular weight is 260 g/mol. The van der Waals surface area contributed by atoms with Crippen molar-refractivity contribution in [2.75, 3.05) is 21.3 Å². The third-order valence-corrected chi connectivity index (χ3v) is 2.75. The summed E-state index contributed by atoms with van der Waals surface area (Å²) in [5.41, 5.74) is 0.950. The van der Waals surface area contributed by atoms with Crippen LogP contribution in [0.15, 0.2) is 30.6 Å². The van der Waals surface area contributed by atoms with Gasteiger partial charge in [-0.2, -0.15) is 0 Å². The number of methoxy groups -OCH3 is 3. The Labute approximate surface area is 112 Å². The van der Waals surface area contributed by atoms with Gasteiger partial charge in [0.15, 0.2) is 11.5 Å². The Kier molecular flexibility index (Phi) is 4.18. The van der Waals surface area contributed by atoms with Crippen LogP contribution in [0.1, 0.15) is 11.4 Å². The van der Waals surface area contributed by atoms with Crippen LogP contribution in [0.3, 0.4) is 0 Å². The molecule has 0 spiro atoms. The molecular formula is C14H16N2O3. The van der Waals surface area contributed by atoms with Crippen LogP contribution >= 0.6 is 0 Å². The Balaban J connectivity index is 2.38. The molecule has 0 N–H and O–H groups in total. The van der Waals surface area contributed by atoms with Gasteiger partial charge in [0.25, 0.3) is 0 Å². The Morgan fingerprint density at radius 1 is 0.842 bits per heavy atom. The first kappa shape index (κ1) is 13.1. The molecule has 0 amide bonds. The summed E-state index contributed by atoms with van der Waals surface area (Å²) in [6, 6.07) is 5.47. The summed E-state index contributed by atoms with van der Waals surface area (Å²) in [6.45, 7) is 0. The highest BCUT2D eigenvalue weighted by molar-refractivity contribution is 5.51. The average Bonchev–Trinajstić information content (AvgIpc) is 2.47. The van der Waals surface area contributed by atoms with Gasteiger partial charge in [-0.1, -0.05) is 0 Å². The van der Waals surface area contributed by atoms with Crippen LogP contribution in [-0.2, 0) is 6.42 Å². The first-order valence-electron chi connectivity index (χ1n) is 5.83. The van der Waals surface area contributed by atoms with E-state index in [1.54, 1.807) is 45.9 Å². The van der Waals surface area contributed by atoms with Crippen LogP contribution in [0.25, 0.3) is 0 Å². The second kappa shape index (κ2) is 6.04. The van der Waals surface area contributed by atoms with Gasteiger partial charge in [-0.15, -0.1) is 0 Å². The summed E-state index contributed by atoms with van der Waals surface area (Å²) >= 11 is 0. The third-order valence-electron chi connectivity index (χ3n) is 2.75. The van der Waals surface area contributed by atoms with Crippen molar-refractivity contribution in [3.8, 4) is 17.2 Å². The maximum Gasteiger partial charge on any atom is 0.164 e. The molecule has 0 aliphatic heterocycles. The van der Waals surface area contributed by atoms with E-state index >= 15 is 0 Å². The van der Waals surface area contributed by atoms with Crippen molar-refractivity contribution in [3.63, 3.8) is 0 Å². The number of nitrogens with zero attached hydrogens (tertiary/aromatic N) is 2. The predicted octanol–water partition coefficient (Wildman–Crippen LogP) is 2.09. The lowest BCUT2D eigenvalue weighted by atomic mass is 10.1. The lowest BCUT2D eigenvalue weighted by molar-refractivity contribution is 0.347. The van der Waals surface area contributed by atoms with Gasteiger partial charge >= 0.3 is 0 Å². The quantitative estimate of drug-likeness (QED) is 0.824. The fourth-order valence-electron chi connectivity index (χ4n) is 1.82. The zero-order valence-electron chi connectivity index (χ0n) is 11.2. The predicted molar refractivity (Wildman–Crippen MR) is 70.9 cm³/mol. The van der Waals surface area contributed by atoms with Crippen molar-refractivity contribution in [1.82, 2.24) is 9.97 Å². The molecule has 0 bridgehead atoms. The van der Waals surface area contributed by atoms with Crippen LogP contribution in [0.2, 0.25) is 0 Å². The molecule has 2 aromatic rings. The van der Waals surface area contributed by atoms with E-state index in [9.17, 15) is 0 Å². The van der Waals surface area contributed by atoms with Crippen LogP contribution in [-0.4, -0.2) is 31.3 Å². The number of ether oxygens (including phenoxy) is 3. The largest absolute Gasteiger partial charge is 0.496 e. The summed E-state index contributed by atoms with van der Waals surface area (Å²) in [5, 5.41) is 0. The highest BCUT2D eigenvalue weighted by Gasteiger charge is 2.12. The Morgan fingerprint density at radius 3 is 2.00 bits per heavy atom. The van der Waals surface area contributed by atoms with Gasteiger partial charge in [0.1, 0.15) is 11.6 Å². The maximum atomic E-state index is 5.37. The molecule has 0 saturated carbocycles. The SMILES string of the molecule is COc1cc(OC)c(OC)cc1Cc1ncccn1. The number of aromatic nitrogens is 2. The van der Waals surface area contributed by atoms with Gasteiger partial charge in [0.2, 0.25) is 0 Å². The Hall–Kier alpha value is -2.30. The molecule has 0 aliphatic carbocycles. The molecule has 5 heteroatoms. The normalized spacial score (nSPS) is 10.1. The highest BCUT2D eigenvalue weighted by Crippen LogP contribution is 2.35. The summed E-state index contributed by atoms with van der Waals surface area (Å²) in [5.74, 6) is 2.75. The molecule has 19 heavy (non-hydrogen) atoms. The Morgan fingerprint density at radius 2 is 1.42 bits per heavy atom. The molecule has 1 aromatic carbocycles. The fraction of sp³-hybridized carbons (Fsp3) is 0.286. The van der Waals surface area contributed by atoms with Gasteiger partial charge in [-0.3, -0.25) is 0 Å². The third kappa shape index (κ3) is 2.93. The highest BCUT2D eigenvalue weighted by atomic mass is 16.5. The molecule has 100 valence electrons. The summed E-state index contributed by atoms with van der Waals surface area (Å²) < 4.78 is 15.9. The van der Waals surface area contributed by atoms with Crippen LogP contribution < -0.4 is 14.2 Å². The topological polar surface area (TPSA) is 53.5 Å². The number of hydrogen-bond donors (Lipinski definition) is 0. The molecule has 1 heterocycles. The molecule has 5 nitrogen and oxygen atoms in total. The van der Waals surface area contributed by atoms with E-state index in [-0.39, 0.29) is 0 Å². The van der Waals surface area contributed by atoms with Gasteiger partial charge in [-0.25, -0.2) is 9.97 Å². The molecule has 0 unspecified atom stereocenters. The van der Waals surface area contributed by atoms with Crippen molar-refractivity contribution in [2.45, 2.75) is 6.42 Å². The van der Waals surface area contributed by atoms with Crippen LogP contribution in [0.5, 0.6) is 17.2 Å². The Bertz CT molecular complexity index is 544. The molecule has 2 rings (SSSR count). The summed E-state index contributed by atoms with van der Waals surface area (Å²) in [7, 11) is 4.82. The molecule has 0 fully saturated rings. The van der Waals surface area contributed by atoms with E-state index in [2.05, 4.69) is 9.97 Å². The second-order valence-corrected chi connectivity index (χ2v) is 3.86. The fourth-order valence-corrected chi connectivity index (χ4v) is 1.82. The first-order valence-corrected chi connectivity index (χ1v) is 5.83. The molecule has 0 saturated heterocycles. The van der Waals surface area contributed by atoms with E-state index in [1.165, 1.54) is 0 Å². The molecule has 0 aliphatic rings. The number of rotatable bonds is 5. The molecule has 1 aromatic heterocycles. The standard InChI is InChI=1S/C14H16N2O3/c1-17-11-9-13(19-3)12(18-2)7-10(11)8-14-15-5-4-6-16-14/h4-7,9H,8H2,1-3H3. The number of hydrogen-bond acceptors (Lipinski definition) is 5. The lowest BCUT2D eigenvalue weighted by Crippen LogP contribution is -2.00. The van der Waals surface area contributed by atoms with Crippen molar-refractivity contribution in [2.24, 2.45) is 0 Å². The van der Waals surface area contributed by atoms with E-state index in [1.807, 2.05) is 6.07 Å². The summed E-state index contributed by atoms with van der Waals surface area (Å²) in [4.78, 5) is 8.42. The van der Waals surface area contributed by atoms with E-state index in [0.29, 0.717) is 17.9 Å². The smallest absolute Gasteiger partial charge is 0.164 e. The second-order valence-electron chi connectivity index (χ2n) is 3.86. The zero-order chi connectivity index (χ0) is 13.7. The minimum absolute atomic E-state index is 0.574. The van der Waals surface area contributed by atoms with Crippen LogP contribution in [0, 0.1) is 0 Å². The van der Waals surface area contributed by atoms with E-state index in [0.717, 1.165) is 17.1 Å². The van der Waals surface area contributed by atoms with Gasteiger partial charge in [-0.05, 0) is 12.1 Å².